The quantitative estimate of drug-likeness (QED) is 0.927. The van der Waals surface area contributed by atoms with Crippen LogP contribution in [0.3, 0.4) is 0 Å². The highest BCUT2D eigenvalue weighted by Crippen LogP contribution is 2.26. The fourth-order valence-corrected chi connectivity index (χ4v) is 3.79. The van der Waals surface area contributed by atoms with Gasteiger partial charge >= 0.3 is 0 Å². The zero-order valence-corrected chi connectivity index (χ0v) is 13.2. The summed E-state index contributed by atoms with van der Waals surface area (Å²) < 4.78 is 0. The smallest absolute Gasteiger partial charge is 0.254 e. The van der Waals surface area contributed by atoms with Gasteiger partial charge in [-0.1, -0.05) is 26.2 Å². The van der Waals surface area contributed by atoms with Crippen molar-refractivity contribution in [2.75, 3.05) is 13.1 Å². The first-order valence-corrected chi connectivity index (χ1v) is 8.59. The molecule has 1 aromatic heterocycles. The Hall–Kier alpha value is -1.16. The van der Waals surface area contributed by atoms with Crippen molar-refractivity contribution in [3.8, 4) is 0 Å². The maximum atomic E-state index is 12.1. The molecule has 0 amide bonds. The molecule has 2 heterocycles. The van der Waals surface area contributed by atoms with Crippen molar-refractivity contribution in [3.63, 3.8) is 0 Å². The number of hydrogen-bond donors (Lipinski definition) is 1. The zero-order valence-electron chi connectivity index (χ0n) is 13.2. The number of fused-ring (bicyclic) bond motifs is 1. The summed E-state index contributed by atoms with van der Waals surface area (Å²) in [7, 11) is 0. The van der Waals surface area contributed by atoms with Gasteiger partial charge in [-0.3, -0.25) is 9.69 Å². The first-order valence-electron chi connectivity index (χ1n) is 8.59. The second-order valence-electron chi connectivity index (χ2n) is 6.68. The summed E-state index contributed by atoms with van der Waals surface area (Å²) in [5, 5.41) is 0. The van der Waals surface area contributed by atoms with Crippen LogP contribution in [0.15, 0.2) is 4.79 Å². The minimum Gasteiger partial charge on any atom is -0.310 e. The molecule has 4 heteroatoms. The molecule has 0 saturated heterocycles. The van der Waals surface area contributed by atoms with Crippen LogP contribution in [0.1, 0.15) is 62.5 Å². The van der Waals surface area contributed by atoms with Crippen LogP contribution in [0.2, 0.25) is 0 Å². The van der Waals surface area contributed by atoms with Crippen LogP contribution >= 0.6 is 0 Å². The second kappa shape index (κ2) is 6.73. The summed E-state index contributed by atoms with van der Waals surface area (Å²) >= 11 is 0. The average Bonchev–Trinajstić information content (AvgIpc) is 2.48. The Morgan fingerprint density at radius 3 is 2.86 bits per heavy atom. The lowest BCUT2D eigenvalue weighted by molar-refractivity contribution is 0.184. The van der Waals surface area contributed by atoms with Gasteiger partial charge in [-0.05, 0) is 31.6 Å². The normalized spacial score (nSPS) is 20.4. The Balaban J connectivity index is 1.70. The minimum atomic E-state index is 0.0979. The van der Waals surface area contributed by atoms with Crippen LogP contribution in [0.25, 0.3) is 0 Å². The molecule has 2 aliphatic rings. The summed E-state index contributed by atoms with van der Waals surface area (Å²) in [5.74, 6) is 1.72. The van der Waals surface area contributed by atoms with Crippen LogP contribution in [-0.2, 0) is 19.4 Å². The van der Waals surface area contributed by atoms with Crippen molar-refractivity contribution < 1.29 is 0 Å². The van der Waals surface area contributed by atoms with E-state index in [4.69, 9.17) is 4.98 Å². The lowest BCUT2D eigenvalue weighted by Crippen LogP contribution is -2.38. The molecule has 0 spiro atoms. The van der Waals surface area contributed by atoms with Gasteiger partial charge in [-0.2, -0.15) is 0 Å². The van der Waals surface area contributed by atoms with Crippen molar-refractivity contribution >= 4 is 0 Å². The molecule has 1 saturated carbocycles. The van der Waals surface area contributed by atoms with Crippen molar-refractivity contribution in [3.05, 3.63) is 27.4 Å². The summed E-state index contributed by atoms with van der Waals surface area (Å²) in [6.07, 6.45) is 9.72. The van der Waals surface area contributed by atoms with E-state index in [1.165, 1.54) is 38.6 Å². The Kier molecular flexibility index (Phi) is 4.73. The number of nitrogens with one attached hydrogen (secondary N) is 1. The molecule has 0 atom stereocenters. The first kappa shape index (κ1) is 14.8. The monoisotopic (exact) mass is 289 g/mol. The lowest BCUT2D eigenvalue weighted by Gasteiger charge is -2.32. The van der Waals surface area contributed by atoms with E-state index in [-0.39, 0.29) is 5.56 Å². The highest BCUT2D eigenvalue weighted by atomic mass is 16.1. The van der Waals surface area contributed by atoms with Gasteiger partial charge in [0.1, 0.15) is 5.82 Å². The van der Waals surface area contributed by atoms with E-state index in [2.05, 4.69) is 16.8 Å². The number of aromatic amines is 1. The van der Waals surface area contributed by atoms with Crippen molar-refractivity contribution in [2.45, 2.75) is 64.8 Å². The van der Waals surface area contributed by atoms with Crippen LogP contribution in [0.5, 0.6) is 0 Å². The van der Waals surface area contributed by atoms with Crippen LogP contribution < -0.4 is 5.56 Å². The van der Waals surface area contributed by atoms with E-state index in [0.717, 1.165) is 55.4 Å². The second-order valence-corrected chi connectivity index (χ2v) is 6.68. The molecule has 21 heavy (non-hydrogen) atoms. The molecule has 116 valence electrons. The molecule has 1 aromatic rings. The van der Waals surface area contributed by atoms with E-state index in [1.54, 1.807) is 0 Å². The highest BCUT2D eigenvalue weighted by Gasteiger charge is 2.23. The molecule has 0 bridgehead atoms. The van der Waals surface area contributed by atoms with Gasteiger partial charge in [0.05, 0.1) is 5.69 Å². The SMILES string of the molecule is CCCc1nc2c(c(=O)[nH]1)CCN(CC1CCCCC1)C2. The maximum Gasteiger partial charge on any atom is 0.254 e. The molecule has 3 rings (SSSR count). The van der Waals surface area contributed by atoms with Gasteiger partial charge < -0.3 is 4.98 Å². The van der Waals surface area contributed by atoms with E-state index >= 15 is 0 Å². The van der Waals surface area contributed by atoms with Crippen molar-refractivity contribution in [2.24, 2.45) is 5.92 Å². The topological polar surface area (TPSA) is 49.0 Å². The number of H-pyrrole nitrogens is 1. The maximum absolute atomic E-state index is 12.1. The average molecular weight is 289 g/mol. The molecule has 0 radical (unpaired) electrons. The van der Waals surface area contributed by atoms with E-state index < -0.39 is 0 Å². The molecule has 1 aliphatic carbocycles. The molecule has 1 aliphatic heterocycles. The third kappa shape index (κ3) is 3.54. The van der Waals surface area contributed by atoms with Gasteiger partial charge in [0.15, 0.2) is 0 Å². The van der Waals surface area contributed by atoms with Crippen LogP contribution in [-0.4, -0.2) is 28.0 Å². The summed E-state index contributed by atoms with van der Waals surface area (Å²) in [6.45, 7) is 5.19. The summed E-state index contributed by atoms with van der Waals surface area (Å²) in [6, 6.07) is 0. The van der Waals surface area contributed by atoms with Gasteiger partial charge in [0.25, 0.3) is 5.56 Å². The fourth-order valence-electron chi connectivity index (χ4n) is 3.79. The molecular weight excluding hydrogens is 262 g/mol. The third-order valence-electron chi connectivity index (χ3n) is 4.93. The van der Waals surface area contributed by atoms with Crippen LogP contribution in [0.4, 0.5) is 0 Å². The third-order valence-corrected chi connectivity index (χ3v) is 4.93. The van der Waals surface area contributed by atoms with E-state index in [1.807, 2.05) is 0 Å². The van der Waals surface area contributed by atoms with E-state index in [0.29, 0.717) is 0 Å². The molecule has 0 unspecified atom stereocenters. The Morgan fingerprint density at radius 1 is 1.29 bits per heavy atom. The largest absolute Gasteiger partial charge is 0.310 e. The van der Waals surface area contributed by atoms with Gasteiger partial charge in [0, 0.05) is 31.6 Å². The standard InChI is InChI=1S/C17H27N3O/c1-2-6-16-18-15-12-20(10-9-14(15)17(21)19-16)11-13-7-4-3-5-8-13/h13H,2-12H2,1H3,(H,18,19,21). The minimum absolute atomic E-state index is 0.0979. The predicted molar refractivity (Wildman–Crippen MR) is 84.4 cm³/mol. The molecule has 4 nitrogen and oxygen atoms in total. The molecule has 0 aromatic carbocycles. The van der Waals surface area contributed by atoms with Crippen molar-refractivity contribution in [1.82, 2.24) is 14.9 Å². The molecule has 1 N–H and O–H groups in total. The Bertz CT molecular complexity index is 531. The lowest BCUT2D eigenvalue weighted by atomic mass is 9.88. The van der Waals surface area contributed by atoms with Gasteiger partial charge in [0.2, 0.25) is 0 Å². The number of rotatable bonds is 4. The number of aryl methyl sites for hydroxylation is 1. The molecular formula is C17H27N3O. The first-order chi connectivity index (χ1) is 10.3. The number of hydrogen-bond acceptors (Lipinski definition) is 3. The van der Waals surface area contributed by atoms with Gasteiger partial charge in [-0.25, -0.2) is 4.98 Å². The van der Waals surface area contributed by atoms with Crippen LogP contribution in [0, 0.1) is 5.92 Å². The summed E-state index contributed by atoms with van der Waals surface area (Å²) in [4.78, 5) is 22.3. The van der Waals surface area contributed by atoms with E-state index in [9.17, 15) is 4.79 Å². The Morgan fingerprint density at radius 2 is 2.10 bits per heavy atom. The number of nitrogens with zero attached hydrogens (tertiary/aromatic N) is 2. The molecule has 1 fully saturated rings. The Labute approximate surface area is 127 Å². The summed E-state index contributed by atoms with van der Waals surface area (Å²) in [5.41, 5.74) is 2.06. The van der Waals surface area contributed by atoms with Crippen molar-refractivity contribution in [1.29, 1.82) is 0 Å². The van der Waals surface area contributed by atoms with Gasteiger partial charge in [-0.15, -0.1) is 0 Å². The number of aromatic nitrogens is 2. The zero-order chi connectivity index (χ0) is 14.7. The fraction of sp³-hybridized carbons (Fsp3) is 0.765. The highest BCUT2D eigenvalue weighted by molar-refractivity contribution is 5.21. The predicted octanol–water partition coefficient (Wildman–Crippen LogP) is 2.66.